The van der Waals surface area contributed by atoms with Crippen LogP contribution in [0.15, 0.2) is 17.0 Å². The minimum atomic E-state index is -5.09. The molecule has 0 atom stereocenters. The molecule has 4 nitrogen and oxygen atoms in total. The van der Waals surface area contributed by atoms with Gasteiger partial charge < -0.3 is 5.11 Å². The molecule has 1 aromatic carbocycles. The molecule has 0 spiro atoms. The van der Waals surface area contributed by atoms with Gasteiger partial charge in [-0.25, -0.2) is 21.6 Å². The van der Waals surface area contributed by atoms with Crippen LogP contribution < -0.4 is 0 Å². The first-order valence-corrected chi connectivity index (χ1v) is 6.76. The summed E-state index contributed by atoms with van der Waals surface area (Å²) >= 11 is 0. The Hall–Kier alpha value is -1.33. The lowest BCUT2D eigenvalue weighted by atomic mass is 10.3. The average molecular weight is 337 g/mol. The van der Waals surface area contributed by atoms with Gasteiger partial charge in [0.15, 0.2) is 17.5 Å². The Morgan fingerprint density at radius 2 is 1.67 bits per heavy atom. The molecule has 120 valence electrons. The minimum Gasteiger partial charge on any atom is -0.395 e. The van der Waals surface area contributed by atoms with E-state index in [9.17, 15) is 34.8 Å². The second-order valence-corrected chi connectivity index (χ2v) is 5.76. The van der Waals surface area contributed by atoms with Gasteiger partial charge >= 0.3 is 6.18 Å². The Balaban J connectivity index is 3.33. The largest absolute Gasteiger partial charge is 0.402 e. The molecule has 0 aromatic heterocycles. The van der Waals surface area contributed by atoms with Crippen molar-refractivity contribution in [2.24, 2.45) is 0 Å². The lowest BCUT2D eigenvalue weighted by molar-refractivity contribution is -0.136. The third kappa shape index (κ3) is 4.08. The van der Waals surface area contributed by atoms with Crippen molar-refractivity contribution in [1.29, 1.82) is 0 Å². The minimum absolute atomic E-state index is 0.274. The molecule has 0 unspecified atom stereocenters. The average Bonchev–Trinajstić information content (AvgIpc) is 2.33. The molecule has 0 saturated heterocycles. The van der Waals surface area contributed by atoms with E-state index in [0.29, 0.717) is 6.07 Å². The number of alkyl halides is 3. The highest BCUT2D eigenvalue weighted by atomic mass is 32.2. The summed E-state index contributed by atoms with van der Waals surface area (Å²) in [6.45, 7) is -3.96. The number of hydrogen-bond donors (Lipinski definition) is 1. The lowest BCUT2D eigenvalue weighted by Gasteiger charge is -2.22. The molecule has 21 heavy (non-hydrogen) atoms. The summed E-state index contributed by atoms with van der Waals surface area (Å²) in [5.74, 6) is -5.93. The number of halogens is 6. The Morgan fingerprint density at radius 1 is 1.10 bits per heavy atom. The molecule has 0 radical (unpaired) electrons. The van der Waals surface area contributed by atoms with E-state index >= 15 is 0 Å². The number of benzene rings is 1. The van der Waals surface area contributed by atoms with Crippen LogP contribution in [0.1, 0.15) is 0 Å². The molecule has 0 aliphatic rings. The molecule has 0 bridgehead atoms. The fourth-order valence-corrected chi connectivity index (χ4v) is 2.91. The maximum absolute atomic E-state index is 13.4. The van der Waals surface area contributed by atoms with Crippen LogP contribution >= 0.6 is 0 Å². The number of aliphatic hydroxyl groups excluding tert-OH is 1. The van der Waals surface area contributed by atoms with E-state index in [1.165, 1.54) is 0 Å². The summed E-state index contributed by atoms with van der Waals surface area (Å²) in [5, 5.41) is 8.61. The molecular weight excluding hydrogens is 328 g/mol. The third-order valence-electron chi connectivity index (χ3n) is 2.32. The van der Waals surface area contributed by atoms with E-state index in [1.54, 1.807) is 0 Å². The fraction of sp³-hybridized carbons (Fsp3) is 0.400. The van der Waals surface area contributed by atoms with Crippen LogP contribution in [0.4, 0.5) is 26.3 Å². The van der Waals surface area contributed by atoms with Gasteiger partial charge in [0.25, 0.3) is 0 Å². The third-order valence-corrected chi connectivity index (χ3v) is 4.19. The van der Waals surface area contributed by atoms with Gasteiger partial charge in [0.2, 0.25) is 10.0 Å². The van der Waals surface area contributed by atoms with Crippen LogP contribution in [0.2, 0.25) is 0 Å². The molecular formula is C10H9F6NO3S. The van der Waals surface area contributed by atoms with E-state index in [0.717, 1.165) is 0 Å². The van der Waals surface area contributed by atoms with Crippen molar-refractivity contribution in [3.8, 4) is 0 Å². The van der Waals surface area contributed by atoms with Crippen LogP contribution in [0, 0.1) is 17.5 Å². The first-order valence-electron chi connectivity index (χ1n) is 5.32. The van der Waals surface area contributed by atoms with Crippen molar-refractivity contribution in [2.45, 2.75) is 11.1 Å². The molecule has 1 aromatic rings. The molecule has 0 aliphatic carbocycles. The summed E-state index contributed by atoms with van der Waals surface area (Å²) in [7, 11) is -5.09. The smallest absolute Gasteiger partial charge is 0.395 e. The first-order chi connectivity index (χ1) is 9.50. The van der Waals surface area contributed by atoms with Crippen molar-refractivity contribution >= 4 is 10.0 Å². The van der Waals surface area contributed by atoms with E-state index in [2.05, 4.69) is 0 Å². The molecule has 0 saturated carbocycles. The van der Waals surface area contributed by atoms with Crippen molar-refractivity contribution in [3.63, 3.8) is 0 Å². The monoisotopic (exact) mass is 337 g/mol. The van der Waals surface area contributed by atoms with Gasteiger partial charge in [-0.05, 0) is 12.1 Å². The zero-order chi connectivity index (χ0) is 16.4. The predicted molar refractivity (Wildman–Crippen MR) is 58.2 cm³/mol. The summed E-state index contributed by atoms with van der Waals surface area (Å²) in [4.78, 5) is -1.45. The van der Waals surface area contributed by atoms with Crippen LogP contribution in [-0.2, 0) is 10.0 Å². The molecule has 0 aliphatic heterocycles. The summed E-state index contributed by atoms with van der Waals surface area (Å²) in [6, 6.07) is 0.583. The van der Waals surface area contributed by atoms with Crippen LogP contribution in [0.5, 0.6) is 0 Å². The highest BCUT2D eigenvalue weighted by molar-refractivity contribution is 7.89. The fourth-order valence-electron chi connectivity index (χ4n) is 1.44. The Morgan fingerprint density at radius 3 is 2.14 bits per heavy atom. The van der Waals surface area contributed by atoms with E-state index in [1.807, 2.05) is 0 Å². The molecule has 0 fully saturated rings. The normalized spacial score (nSPS) is 13.0. The van der Waals surface area contributed by atoms with E-state index in [4.69, 9.17) is 5.11 Å². The van der Waals surface area contributed by atoms with Gasteiger partial charge in [0, 0.05) is 6.54 Å². The quantitative estimate of drug-likeness (QED) is 0.657. The Bertz CT molecular complexity index is 616. The number of sulfonamides is 1. The maximum Gasteiger partial charge on any atom is 0.402 e. The predicted octanol–water partition coefficient (Wildman–Crippen LogP) is 1.65. The van der Waals surface area contributed by atoms with Gasteiger partial charge in [-0.3, -0.25) is 0 Å². The van der Waals surface area contributed by atoms with Crippen LogP contribution in [0.25, 0.3) is 0 Å². The lowest BCUT2D eigenvalue weighted by Crippen LogP contribution is -2.41. The molecule has 1 rings (SSSR count). The van der Waals surface area contributed by atoms with Gasteiger partial charge in [-0.15, -0.1) is 0 Å². The summed E-state index contributed by atoms with van der Waals surface area (Å²) in [5.41, 5.74) is 0. The number of nitrogens with zero attached hydrogens (tertiary/aromatic N) is 1. The molecule has 0 amide bonds. The van der Waals surface area contributed by atoms with Crippen LogP contribution in [-0.4, -0.2) is 43.7 Å². The van der Waals surface area contributed by atoms with Gasteiger partial charge in [-0.1, -0.05) is 0 Å². The van der Waals surface area contributed by atoms with Gasteiger partial charge in [0.1, 0.15) is 11.4 Å². The maximum atomic E-state index is 13.4. The molecule has 1 N–H and O–H groups in total. The highest BCUT2D eigenvalue weighted by Gasteiger charge is 2.38. The summed E-state index contributed by atoms with van der Waals surface area (Å²) < 4.78 is 99.5. The second-order valence-electron chi connectivity index (χ2n) is 3.85. The Kier molecular flexibility index (Phi) is 5.23. The van der Waals surface area contributed by atoms with Crippen LogP contribution in [0.3, 0.4) is 0 Å². The van der Waals surface area contributed by atoms with E-state index < -0.39 is 58.2 Å². The van der Waals surface area contributed by atoms with Crippen molar-refractivity contribution < 1.29 is 39.9 Å². The number of rotatable bonds is 5. The van der Waals surface area contributed by atoms with Crippen molar-refractivity contribution in [3.05, 3.63) is 29.6 Å². The zero-order valence-electron chi connectivity index (χ0n) is 10.2. The van der Waals surface area contributed by atoms with Crippen molar-refractivity contribution in [1.82, 2.24) is 4.31 Å². The molecule has 0 heterocycles. The standard InChI is InChI=1S/C10H9F6NO3S/c11-6-1-2-7(9(13)8(6)12)21(19,20)17(3-4-18)5-10(14,15)16/h1-2,18H,3-5H2. The Labute approximate surface area is 115 Å². The topological polar surface area (TPSA) is 57.6 Å². The summed E-state index contributed by atoms with van der Waals surface area (Å²) in [6.07, 6.45) is -4.96. The number of hydrogen-bond acceptors (Lipinski definition) is 3. The molecule has 11 heteroatoms. The zero-order valence-corrected chi connectivity index (χ0v) is 11.0. The van der Waals surface area contributed by atoms with E-state index in [-0.39, 0.29) is 10.4 Å². The van der Waals surface area contributed by atoms with Gasteiger partial charge in [0.05, 0.1) is 6.61 Å². The SMILES string of the molecule is O=S(=O)(c1ccc(F)c(F)c1F)N(CCO)CC(F)(F)F. The second kappa shape index (κ2) is 6.20. The van der Waals surface area contributed by atoms with Gasteiger partial charge in [-0.2, -0.15) is 17.5 Å². The first kappa shape index (κ1) is 17.7. The van der Waals surface area contributed by atoms with Crippen molar-refractivity contribution in [2.75, 3.05) is 19.7 Å². The highest BCUT2D eigenvalue weighted by Crippen LogP contribution is 2.26. The number of aliphatic hydroxyl groups is 1.